The third-order valence-electron chi connectivity index (χ3n) is 5.63. The lowest BCUT2D eigenvalue weighted by Crippen LogP contribution is -2.20. The van der Waals surface area contributed by atoms with Gasteiger partial charge in [-0.3, -0.25) is 4.79 Å². The first-order valence-corrected chi connectivity index (χ1v) is 10.8. The molecule has 0 N–H and O–H groups in total. The maximum atomic E-state index is 13.5. The normalized spacial score (nSPS) is 11.5. The van der Waals surface area contributed by atoms with Gasteiger partial charge in [-0.05, 0) is 78.1 Å². The molecule has 1 aromatic heterocycles. The van der Waals surface area contributed by atoms with E-state index in [0.29, 0.717) is 16.7 Å². The fourth-order valence-electron chi connectivity index (χ4n) is 3.79. The highest BCUT2D eigenvalue weighted by Crippen LogP contribution is 2.34. The number of hydrogen-bond acceptors (Lipinski definition) is 5. The minimum absolute atomic E-state index is 0.221. The van der Waals surface area contributed by atoms with Gasteiger partial charge in [-0.2, -0.15) is 9.78 Å². The van der Waals surface area contributed by atoms with E-state index in [4.69, 9.17) is 14.5 Å². The van der Waals surface area contributed by atoms with Gasteiger partial charge in [0.25, 0.3) is 5.56 Å². The van der Waals surface area contributed by atoms with Crippen molar-refractivity contribution in [3.63, 3.8) is 0 Å². The van der Waals surface area contributed by atoms with Crippen LogP contribution in [-0.2, 0) is 0 Å². The predicted molar refractivity (Wildman–Crippen MR) is 133 cm³/mol. The van der Waals surface area contributed by atoms with E-state index in [-0.39, 0.29) is 11.5 Å². The third-order valence-corrected chi connectivity index (χ3v) is 5.63. The van der Waals surface area contributed by atoms with Crippen LogP contribution in [0.5, 0.6) is 11.5 Å². The van der Waals surface area contributed by atoms with Crippen molar-refractivity contribution in [3.8, 4) is 22.9 Å². The summed E-state index contributed by atoms with van der Waals surface area (Å²) in [4.78, 5) is 18.3. The quantitative estimate of drug-likeness (QED) is 0.376. The van der Waals surface area contributed by atoms with Crippen LogP contribution in [-0.4, -0.2) is 30.1 Å². The minimum Gasteiger partial charge on any atom is -0.497 e. The lowest BCUT2D eigenvalue weighted by atomic mass is 9.96. The molecule has 0 saturated carbocycles. The fourth-order valence-corrected chi connectivity index (χ4v) is 3.79. The van der Waals surface area contributed by atoms with E-state index in [1.807, 2.05) is 55.5 Å². The molecule has 6 nitrogen and oxygen atoms in total. The maximum absolute atomic E-state index is 13.5. The summed E-state index contributed by atoms with van der Waals surface area (Å²) in [5.74, 6) is 2.31. The molecular weight excluding hydrogens is 414 g/mol. The van der Waals surface area contributed by atoms with Crippen LogP contribution in [0.2, 0.25) is 0 Å². The first-order chi connectivity index (χ1) is 15.9. The topological polar surface area (TPSA) is 65.7 Å². The second-order valence-corrected chi connectivity index (χ2v) is 8.15. The predicted octanol–water partition coefficient (Wildman–Crippen LogP) is 5.39. The number of fused-ring (bicyclic) bond motifs is 1. The van der Waals surface area contributed by atoms with Crippen molar-refractivity contribution in [2.24, 2.45) is 5.10 Å². The molecular formula is C27H27N3O3. The van der Waals surface area contributed by atoms with Crippen molar-refractivity contribution in [1.82, 2.24) is 9.66 Å². The Morgan fingerprint density at radius 3 is 2.39 bits per heavy atom. The van der Waals surface area contributed by atoms with Gasteiger partial charge in [0.05, 0.1) is 31.3 Å². The Morgan fingerprint density at radius 2 is 1.73 bits per heavy atom. The average molecular weight is 442 g/mol. The Bertz CT molecular complexity index is 1390. The second kappa shape index (κ2) is 9.28. The Morgan fingerprint density at radius 1 is 1.00 bits per heavy atom. The van der Waals surface area contributed by atoms with Gasteiger partial charge in [0, 0.05) is 5.56 Å². The zero-order valence-electron chi connectivity index (χ0n) is 19.5. The molecule has 0 aliphatic heterocycles. The first-order valence-electron chi connectivity index (χ1n) is 10.8. The summed E-state index contributed by atoms with van der Waals surface area (Å²) in [7, 11) is 3.29. The van der Waals surface area contributed by atoms with Crippen molar-refractivity contribution in [1.29, 1.82) is 0 Å². The number of nitrogens with zero attached hydrogens (tertiary/aromatic N) is 3. The van der Waals surface area contributed by atoms with Crippen LogP contribution in [0, 0.1) is 6.92 Å². The van der Waals surface area contributed by atoms with Gasteiger partial charge in [0.15, 0.2) is 5.82 Å². The summed E-state index contributed by atoms with van der Waals surface area (Å²) in [5.41, 5.74) is 4.10. The van der Waals surface area contributed by atoms with Gasteiger partial charge in [0.2, 0.25) is 0 Å². The number of para-hydroxylation sites is 1. The molecule has 0 atom stereocenters. The molecule has 4 aromatic rings. The first kappa shape index (κ1) is 22.3. The van der Waals surface area contributed by atoms with Crippen LogP contribution in [0.3, 0.4) is 0 Å². The maximum Gasteiger partial charge on any atom is 0.282 e. The zero-order valence-corrected chi connectivity index (χ0v) is 19.5. The molecule has 0 unspecified atom stereocenters. The van der Waals surface area contributed by atoms with Gasteiger partial charge in [-0.25, -0.2) is 4.98 Å². The van der Waals surface area contributed by atoms with Gasteiger partial charge < -0.3 is 9.47 Å². The van der Waals surface area contributed by atoms with Gasteiger partial charge in [-0.1, -0.05) is 26.0 Å². The van der Waals surface area contributed by atoms with Crippen molar-refractivity contribution in [2.45, 2.75) is 26.7 Å². The van der Waals surface area contributed by atoms with Gasteiger partial charge in [0.1, 0.15) is 11.5 Å². The number of hydrogen-bond donors (Lipinski definition) is 0. The van der Waals surface area contributed by atoms with Crippen LogP contribution in [0.1, 0.15) is 36.5 Å². The monoisotopic (exact) mass is 441 g/mol. The molecule has 0 aliphatic rings. The summed E-state index contributed by atoms with van der Waals surface area (Å²) in [6.07, 6.45) is 1.66. The smallest absolute Gasteiger partial charge is 0.282 e. The standard InChI is InChI=1S/C27H27N3O3/c1-17(2)22-15-23(18(3)14-25(22)33-5)26-29-24-9-7-6-8-21(24)27(31)30(26)28-16-19-10-12-20(32-4)13-11-19/h6-17H,1-5H3. The minimum atomic E-state index is -0.221. The lowest BCUT2D eigenvalue weighted by molar-refractivity contribution is 0.407. The molecule has 6 heteroatoms. The number of aryl methyl sites for hydroxylation is 1. The van der Waals surface area contributed by atoms with E-state index < -0.39 is 0 Å². The summed E-state index contributed by atoms with van der Waals surface area (Å²) in [5, 5.41) is 5.08. The van der Waals surface area contributed by atoms with Crippen LogP contribution in [0.15, 0.2) is 70.6 Å². The highest BCUT2D eigenvalue weighted by molar-refractivity contribution is 5.82. The van der Waals surface area contributed by atoms with E-state index in [1.54, 1.807) is 26.5 Å². The molecule has 33 heavy (non-hydrogen) atoms. The van der Waals surface area contributed by atoms with Crippen molar-refractivity contribution in [3.05, 3.63) is 87.7 Å². The lowest BCUT2D eigenvalue weighted by Gasteiger charge is -2.17. The van der Waals surface area contributed by atoms with E-state index in [9.17, 15) is 4.79 Å². The molecule has 0 aliphatic carbocycles. The molecule has 0 spiro atoms. The Hall–Kier alpha value is -3.93. The van der Waals surface area contributed by atoms with E-state index in [1.165, 1.54) is 4.68 Å². The molecule has 0 amide bonds. The number of methoxy groups -OCH3 is 2. The van der Waals surface area contributed by atoms with Crippen LogP contribution >= 0.6 is 0 Å². The van der Waals surface area contributed by atoms with Crippen molar-refractivity contribution in [2.75, 3.05) is 14.2 Å². The average Bonchev–Trinajstić information content (AvgIpc) is 2.83. The number of ether oxygens (including phenoxy) is 2. The molecule has 3 aromatic carbocycles. The SMILES string of the molecule is COc1ccc(C=Nn2c(-c3cc(C(C)C)c(OC)cc3C)nc3ccccc3c2=O)cc1. The zero-order chi connectivity index (χ0) is 23.5. The molecule has 0 saturated heterocycles. The molecule has 1 heterocycles. The van der Waals surface area contributed by atoms with Gasteiger partial charge >= 0.3 is 0 Å². The number of rotatable bonds is 6. The summed E-state index contributed by atoms with van der Waals surface area (Å²) >= 11 is 0. The van der Waals surface area contributed by atoms with E-state index >= 15 is 0 Å². The number of benzene rings is 3. The van der Waals surface area contributed by atoms with E-state index in [2.05, 4.69) is 25.0 Å². The second-order valence-electron chi connectivity index (χ2n) is 8.15. The Balaban J connectivity index is 1.95. The Kier molecular flexibility index (Phi) is 6.27. The fraction of sp³-hybridized carbons (Fsp3) is 0.222. The van der Waals surface area contributed by atoms with Gasteiger partial charge in [-0.15, -0.1) is 0 Å². The summed E-state index contributed by atoms with van der Waals surface area (Å²) in [6, 6.07) is 18.8. The molecule has 168 valence electrons. The molecule has 0 radical (unpaired) electrons. The van der Waals surface area contributed by atoms with Crippen LogP contribution < -0.4 is 15.0 Å². The van der Waals surface area contributed by atoms with Crippen molar-refractivity contribution < 1.29 is 9.47 Å². The largest absolute Gasteiger partial charge is 0.497 e. The molecule has 0 fully saturated rings. The third kappa shape index (κ3) is 4.37. The summed E-state index contributed by atoms with van der Waals surface area (Å²) < 4.78 is 12.2. The van der Waals surface area contributed by atoms with Crippen molar-refractivity contribution >= 4 is 17.1 Å². The Labute approximate surface area is 193 Å². The van der Waals surface area contributed by atoms with Crippen LogP contribution in [0.4, 0.5) is 0 Å². The molecule has 0 bridgehead atoms. The highest BCUT2D eigenvalue weighted by atomic mass is 16.5. The van der Waals surface area contributed by atoms with Crippen LogP contribution in [0.25, 0.3) is 22.3 Å². The molecule has 4 rings (SSSR count). The highest BCUT2D eigenvalue weighted by Gasteiger charge is 2.18. The van der Waals surface area contributed by atoms with E-state index in [0.717, 1.165) is 33.8 Å². The summed E-state index contributed by atoms with van der Waals surface area (Å²) in [6.45, 7) is 6.21. The number of aromatic nitrogens is 2.